The van der Waals surface area contributed by atoms with Crippen molar-refractivity contribution in [3.8, 4) is 0 Å². The molecule has 1 aliphatic heterocycles. The van der Waals surface area contributed by atoms with E-state index in [1.54, 1.807) is 18.2 Å². The molecule has 0 bridgehead atoms. The molecule has 1 aliphatic rings. The molecule has 0 N–H and O–H groups in total. The van der Waals surface area contributed by atoms with Crippen LogP contribution in [0.2, 0.25) is 0 Å². The summed E-state index contributed by atoms with van der Waals surface area (Å²) in [5.41, 5.74) is 1.19. The highest BCUT2D eigenvalue weighted by atomic mass is 16.4. The largest absolute Gasteiger partial charge is 0.420 e. The summed E-state index contributed by atoms with van der Waals surface area (Å²) in [7, 11) is 0. The fraction of sp³-hybridized carbons (Fsp3) is 0.467. The molecule has 1 amide bonds. The van der Waals surface area contributed by atoms with E-state index in [1.807, 2.05) is 11.0 Å². The first-order chi connectivity index (χ1) is 10.2. The summed E-state index contributed by atoms with van der Waals surface area (Å²) in [5.74, 6) is -0.504. The van der Waals surface area contributed by atoms with Crippen LogP contribution in [0.4, 0.5) is 0 Å². The Morgan fingerprint density at radius 1 is 1.19 bits per heavy atom. The molecule has 0 spiro atoms. The Bertz CT molecular complexity index is 695. The number of para-hydroxylation sites is 2. The first kappa shape index (κ1) is 13.9. The minimum atomic E-state index is -0.475. The number of nitrogens with zero attached hydrogens (tertiary/aromatic N) is 3. The van der Waals surface area contributed by atoms with Gasteiger partial charge in [0.15, 0.2) is 5.58 Å². The number of benzene rings is 1. The predicted molar refractivity (Wildman–Crippen MR) is 79.2 cm³/mol. The summed E-state index contributed by atoms with van der Waals surface area (Å²) in [5, 5.41) is 0. The van der Waals surface area contributed by atoms with Gasteiger partial charge in [0.25, 0.3) is 0 Å². The van der Waals surface area contributed by atoms with Gasteiger partial charge in [0.05, 0.1) is 5.52 Å². The Morgan fingerprint density at radius 2 is 1.90 bits per heavy atom. The molecule has 3 rings (SSSR count). The van der Waals surface area contributed by atoms with Crippen molar-refractivity contribution < 1.29 is 9.21 Å². The lowest BCUT2D eigenvalue weighted by Gasteiger charge is -2.34. The minimum Gasteiger partial charge on any atom is -0.408 e. The van der Waals surface area contributed by atoms with Gasteiger partial charge in [0, 0.05) is 26.2 Å². The van der Waals surface area contributed by atoms with Gasteiger partial charge < -0.3 is 14.2 Å². The molecule has 0 unspecified atom stereocenters. The van der Waals surface area contributed by atoms with E-state index in [2.05, 4.69) is 11.8 Å². The molecule has 0 radical (unpaired) electrons. The van der Waals surface area contributed by atoms with E-state index in [0.29, 0.717) is 11.1 Å². The summed E-state index contributed by atoms with van der Waals surface area (Å²) in [6, 6.07) is 7.17. The second-order valence-electron chi connectivity index (χ2n) is 5.24. The fourth-order valence-electron chi connectivity index (χ4n) is 2.71. The van der Waals surface area contributed by atoms with E-state index in [4.69, 9.17) is 4.42 Å². The molecule has 6 nitrogen and oxygen atoms in total. The number of carbonyl (C=O) groups excluding carboxylic acids is 1. The maximum Gasteiger partial charge on any atom is 0.420 e. The van der Waals surface area contributed by atoms with Gasteiger partial charge in [0.1, 0.15) is 6.54 Å². The third-order valence-corrected chi connectivity index (χ3v) is 4.04. The van der Waals surface area contributed by atoms with Crippen LogP contribution < -0.4 is 5.76 Å². The number of aromatic nitrogens is 1. The van der Waals surface area contributed by atoms with E-state index in [-0.39, 0.29) is 12.5 Å². The first-order valence-corrected chi connectivity index (χ1v) is 7.27. The lowest BCUT2D eigenvalue weighted by atomic mass is 10.3. The smallest absolute Gasteiger partial charge is 0.408 e. The molecule has 2 heterocycles. The lowest BCUT2D eigenvalue weighted by molar-refractivity contribution is -0.133. The van der Waals surface area contributed by atoms with Crippen LogP contribution in [-0.2, 0) is 11.3 Å². The van der Waals surface area contributed by atoms with Crippen molar-refractivity contribution >= 4 is 17.0 Å². The number of hydrogen-bond donors (Lipinski definition) is 0. The maximum absolute atomic E-state index is 12.4. The Labute approximate surface area is 122 Å². The SMILES string of the molecule is CCN1CCN(C(=O)Cn2c(=O)oc3ccccc32)CC1. The van der Waals surface area contributed by atoms with Crippen molar-refractivity contribution in [1.82, 2.24) is 14.4 Å². The van der Waals surface area contributed by atoms with Crippen molar-refractivity contribution in [2.24, 2.45) is 0 Å². The highest BCUT2D eigenvalue weighted by molar-refractivity contribution is 5.79. The van der Waals surface area contributed by atoms with Crippen LogP contribution in [0.25, 0.3) is 11.1 Å². The highest BCUT2D eigenvalue weighted by Gasteiger charge is 2.21. The van der Waals surface area contributed by atoms with Crippen LogP contribution in [0.15, 0.2) is 33.5 Å². The topological polar surface area (TPSA) is 58.7 Å². The van der Waals surface area contributed by atoms with Crippen LogP contribution in [0, 0.1) is 0 Å². The monoisotopic (exact) mass is 289 g/mol. The molecule has 0 saturated carbocycles. The van der Waals surface area contributed by atoms with Gasteiger partial charge in [-0.2, -0.15) is 0 Å². The number of rotatable bonds is 3. The Kier molecular flexibility index (Phi) is 3.79. The molecule has 1 fully saturated rings. The zero-order valence-electron chi connectivity index (χ0n) is 12.1. The molecule has 2 aromatic rings. The maximum atomic E-state index is 12.4. The first-order valence-electron chi connectivity index (χ1n) is 7.27. The van der Waals surface area contributed by atoms with Crippen molar-refractivity contribution in [3.63, 3.8) is 0 Å². The number of carbonyl (C=O) groups is 1. The average Bonchev–Trinajstić information content (AvgIpc) is 2.83. The van der Waals surface area contributed by atoms with E-state index in [1.165, 1.54) is 4.57 Å². The van der Waals surface area contributed by atoms with Gasteiger partial charge in [-0.25, -0.2) is 4.79 Å². The number of likely N-dealkylation sites (N-methyl/N-ethyl adjacent to an activating group) is 1. The summed E-state index contributed by atoms with van der Waals surface area (Å²) in [6.07, 6.45) is 0. The normalized spacial score (nSPS) is 16.5. The van der Waals surface area contributed by atoms with Crippen LogP contribution in [0.5, 0.6) is 0 Å². The van der Waals surface area contributed by atoms with Gasteiger partial charge in [-0.15, -0.1) is 0 Å². The van der Waals surface area contributed by atoms with Crippen molar-refractivity contribution in [2.75, 3.05) is 32.7 Å². The van der Waals surface area contributed by atoms with E-state index < -0.39 is 5.76 Å². The van der Waals surface area contributed by atoms with Gasteiger partial charge in [-0.3, -0.25) is 9.36 Å². The molecular formula is C15H19N3O3. The standard InChI is InChI=1S/C15H19N3O3/c1-2-16-7-9-17(10-8-16)14(19)11-18-12-5-3-4-6-13(12)21-15(18)20/h3-6H,2,7-11H2,1H3. The average molecular weight is 289 g/mol. The van der Waals surface area contributed by atoms with Crippen molar-refractivity contribution in [2.45, 2.75) is 13.5 Å². The van der Waals surface area contributed by atoms with Gasteiger partial charge in [0.2, 0.25) is 5.91 Å². The summed E-state index contributed by atoms with van der Waals surface area (Å²) in [6.45, 7) is 6.39. The molecule has 0 aliphatic carbocycles. The molecule has 6 heteroatoms. The van der Waals surface area contributed by atoms with Crippen LogP contribution >= 0.6 is 0 Å². The zero-order chi connectivity index (χ0) is 14.8. The predicted octanol–water partition coefficient (Wildman–Crippen LogP) is 0.759. The van der Waals surface area contributed by atoms with E-state index in [9.17, 15) is 9.59 Å². The number of amides is 1. The Balaban J connectivity index is 1.75. The second kappa shape index (κ2) is 5.73. The number of oxazole rings is 1. The van der Waals surface area contributed by atoms with Crippen molar-refractivity contribution in [1.29, 1.82) is 0 Å². The van der Waals surface area contributed by atoms with Gasteiger partial charge in [-0.1, -0.05) is 19.1 Å². The molecule has 0 atom stereocenters. The van der Waals surface area contributed by atoms with Gasteiger partial charge in [-0.05, 0) is 18.7 Å². The van der Waals surface area contributed by atoms with Crippen LogP contribution in [0.3, 0.4) is 0 Å². The summed E-state index contributed by atoms with van der Waals surface area (Å²) < 4.78 is 6.56. The number of hydrogen-bond acceptors (Lipinski definition) is 4. The van der Waals surface area contributed by atoms with Gasteiger partial charge >= 0.3 is 5.76 Å². The lowest BCUT2D eigenvalue weighted by Crippen LogP contribution is -2.49. The Morgan fingerprint density at radius 3 is 2.62 bits per heavy atom. The Hall–Kier alpha value is -2.08. The summed E-state index contributed by atoms with van der Waals surface area (Å²) in [4.78, 5) is 28.4. The molecule has 1 aromatic heterocycles. The summed E-state index contributed by atoms with van der Waals surface area (Å²) >= 11 is 0. The molecular weight excluding hydrogens is 270 g/mol. The third-order valence-electron chi connectivity index (χ3n) is 4.04. The third kappa shape index (κ3) is 2.71. The second-order valence-corrected chi connectivity index (χ2v) is 5.24. The quantitative estimate of drug-likeness (QED) is 0.837. The van der Waals surface area contributed by atoms with Crippen LogP contribution in [-0.4, -0.2) is 53.0 Å². The molecule has 1 saturated heterocycles. The van der Waals surface area contributed by atoms with E-state index in [0.717, 1.165) is 32.7 Å². The highest BCUT2D eigenvalue weighted by Crippen LogP contribution is 2.12. The minimum absolute atomic E-state index is 0.0283. The molecule has 1 aromatic carbocycles. The zero-order valence-corrected chi connectivity index (χ0v) is 12.1. The molecule has 112 valence electrons. The number of fused-ring (bicyclic) bond motifs is 1. The van der Waals surface area contributed by atoms with E-state index >= 15 is 0 Å². The molecule has 21 heavy (non-hydrogen) atoms. The number of piperazine rings is 1. The van der Waals surface area contributed by atoms with Crippen LogP contribution in [0.1, 0.15) is 6.92 Å². The fourth-order valence-corrected chi connectivity index (χ4v) is 2.71. The van der Waals surface area contributed by atoms with Crippen molar-refractivity contribution in [3.05, 3.63) is 34.8 Å².